The van der Waals surface area contributed by atoms with Crippen LogP contribution in [0.2, 0.25) is 0 Å². The molecule has 2 bridgehead atoms. The van der Waals surface area contributed by atoms with Crippen molar-refractivity contribution in [3.8, 4) is 0 Å². The van der Waals surface area contributed by atoms with E-state index in [0.29, 0.717) is 5.92 Å². The summed E-state index contributed by atoms with van der Waals surface area (Å²) >= 11 is 0. The number of esters is 1. The molecule has 3 unspecified atom stereocenters. The fourth-order valence-corrected chi connectivity index (χ4v) is 3.45. The SMILES string of the molecule is COC(=O)C1CCC2(CO)CCCC1C2. The number of ether oxygens (including phenoxy) is 1. The molecule has 0 radical (unpaired) electrons. The second kappa shape index (κ2) is 4.12. The predicted molar refractivity (Wildman–Crippen MR) is 56.2 cm³/mol. The highest BCUT2D eigenvalue weighted by molar-refractivity contribution is 5.72. The van der Waals surface area contributed by atoms with E-state index in [-0.39, 0.29) is 23.9 Å². The highest BCUT2D eigenvalue weighted by atomic mass is 16.5. The number of aliphatic hydroxyl groups is 1. The molecule has 15 heavy (non-hydrogen) atoms. The normalized spacial score (nSPS) is 39.9. The monoisotopic (exact) mass is 212 g/mol. The van der Waals surface area contributed by atoms with Crippen molar-refractivity contribution in [3.63, 3.8) is 0 Å². The first-order chi connectivity index (χ1) is 7.21. The molecule has 1 N–H and O–H groups in total. The second-order valence-corrected chi connectivity index (χ2v) is 5.18. The third-order valence-electron chi connectivity index (χ3n) is 4.37. The fourth-order valence-electron chi connectivity index (χ4n) is 3.45. The summed E-state index contributed by atoms with van der Waals surface area (Å²) in [4.78, 5) is 11.6. The fraction of sp³-hybridized carbons (Fsp3) is 0.917. The number of carbonyl (C=O) groups is 1. The molecule has 0 aromatic heterocycles. The maximum atomic E-state index is 11.6. The van der Waals surface area contributed by atoms with Gasteiger partial charge < -0.3 is 9.84 Å². The van der Waals surface area contributed by atoms with Gasteiger partial charge in [0, 0.05) is 6.61 Å². The molecule has 0 saturated heterocycles. The van der Waals surface area contributed by atoms with E-state index < -0.39 is 0 Å². The summed E-state index contributed by atoms with van der Waals surface area (Å²) in [5, 5.41) is 9.46. The Morgan fingerprint density at radius 3 is 2.93 bits per heavy atom. The topological polar surface area (TPSA) is 46.5 Å². The molecule has 0 aromatic rings. The molecule has 0 aromatic carbocycles. The van der Waals surface area contributed by atoms with Crippen molar-refractivity contribution in [2.75, 3.05) is 13.7 Å². The Bertz CT molecular complexity index is 251. The van der Waals surface area contributed by atoms with Crippen LogP contribution in [0.4, 0.5) is 0 Å². The predicted octanol–water partition coefficient (Wildman–Crippen LogP) is 1.74. The van der Waals surface area contributed by atoms with Gasteiger partial charge in [0.15, 0.2) is 0 Å². The third-order valence-corrected chi connectivity index (χ3v) is 4.37. The average molecular weight is 212 g/mol. The summed E-state index contributed by atoms with van der Waals surface area (Å²) in [7, 11) is 1.47. The molecule has 0 amide bonds. The van der Waals surface area contributed by atoms with Crippen molar-refractivity contribution in [1.29, 1.82) is 0 Å². The molecule has 3 heteroatoms. The van der Waals surface area contributed by atoms with Gasteiger partial charge in [-0.1, -0.05) is 6.42 Å². The van der Waals surface area contributed by atoms with Crippen LogP contribution in [0.5, 0.6) is 0 Å². The third kappa shape index (κ3) is 1.89. The molecule has 2 rings (SSSR count). The first-order valence-electron chi connectivity index (χ1n) is 5.89. The van der Waals surface area contributed by atoms with E-state index in [0.717, 1.165) is 38.5 Å². The highest BCUT2D eigenvalue weighted by Crippen LogP contribution is 2.51. The van der Waals surface area contributed by atoms with Crippen LogP contribution in [0.3, 0.4) is 0 Å². The van der Waals surface area contributed by atoms with Crippen molar-refractivity contribution in [1.82, 2.24) is 0 Å². The lowest BCUT2D eigenvalue weighted by molar-refractivity contribution is -0.152. The molecule has 3 atom stereocenters. The van der Waals surface area contributed by atoms with Crippen molar-refractivity contribution >= 4 is 5.97 Å². The molecule has 3 nitrogen and oxygen atoms in total. The molecule has 2 aliphatic rings. The van der Waals surface area contributed by atoms with E-state index in [1.54, 1.807) is 0 Å². The van der Waals surface area contributed by atoms with Crippen molar-refractivity contribution in [2.45, 2.75) is 38.5 Å². The minimum atomic E-state index is -0.0477. The zero-order valence-electron chi connectivity index (χ0n) is 9.37. The van der Waals surface area contributed by atoms with Crippen molar-refractivity contribution in [3.05, 3.63) is 0 Å². The Balaban J connectivity index is 2.08. The lowest BCUT2D eigenvalue weighted by Crippen LogP contribution is -2.42. The Morgan fingerprint density at radius 2 is 2.27 bits per heavy atom. The van der Waals surface area contributed by atoms with Crippen LogP contribution in [-0.4, -0.2) is 24.8 Å². The molecule has 2 fully saturated rings. The Morgan fingerprint density at radius 1 is 1.47 bits per heavy atom. The summed E-state index contributed by atoms with van der Waals surface area (Å²) < 4.78 is 4.85. The molecular weight excluding hydrogens is 192 g/mol. The molecule has 0 heterocycles. The number of methoxy groups -OCH3 is 1. The van der Waals surface area contributed by atoms with E-state index in [1.807, 2.05) is 0 Å². The van der Waals surface area contributed by atoms with E-state index in [4.69, 9.17) is 4.74 Å². The zero-order chi connectivity index (χ0) is 10.9. The Hall–Kier alpha value is -0.570. The van der Waals surface area contributed by atoms with Crippen LogP contribution in [0.1, 0.15) is 38.5 Å². The van der Waals surface area contributed by atoms with Crippen LogP contribution in [-0.2, 0) is 9.53 Å². The number of carbonyl (C=O) groups excluding carboxylic acids is 1. The van der Waals surface area contributed by atoms with Gasteiger partial charge in [0.25, 0.3) is 0 Å². The molecule has 86 valence electrons. The standard InChI is InChI=1S/C12H20O3/c1-15-11(14)10-4-6-12(8-13)5-2-3-9(10)7-12/h9-10,13H,2-8H2,1H3. The van der Waals surface area contributed by atoms with Crippen LogP contribution in [0, 0.1) is 17.3 Å². The average Bonchev–Trinajstić information content (AvgIpc) is 2.29. The quantitative estimate of drug-likeness (QED) is 0.709. The molecule has 2 aliphatic carbocycles. The maximum Gasteiger partial charge on any atom is 0.308 e. The number of aliphatic hydroxyl groups excluding tert-OH is 1. The van der Waals surface area contributed by atoms with Crippen molar-refractivity contribution < 1.29 is 14.6 Å². The number of rotatable bonds is 2. The van der Waals surface area contributed by atoms with E-state index in [1.165, 1.54) is 7.11 Å². The minimum absolute atomic E-state index is 0.0477. The smallest absolute Gasteiger partial charge is 0.308 e. The Labute approximate surface area is 90.8 Å². The highest BCUT2D eigenvalue weighted by Gasteiger charge is 2.45. The molecule has 0 spiro atoms. The zero-order valence-corrected chi connectivity index (χ0v) is 9.37. The van der Waals surface area contributed by atoms with Gasteiger partial charge in [0.05, 0.1) is 13.0 Å². The largest absolute Gasteiger partial charge is 0.469 e. The van der Waals surface area contributed by atoms with E-state index >= 15 is 0 Å². The first kappa shape index (κ1) is 10.9. The van der Waals surface area contributed by atoms with Crippen LogP contribution in [0.25, 0.3) is 0 Å². The molecular formula is C12H20O3. The molecule has 2 saturated carbocycles. The summed E-state index contributed by atoms with van der Waals surface area (Å²) in [6.07, 6.45) is 6.31. The van der Waals surface area contributed by atoms with Gasteiger partial charge in [-0.2, -0.15) is 0 Å². The van der Waals surface area contributed by atoms with Gasteiger partial charge in [-0.25, -0.2) is 0 Å². The summed E-state index contributed by atoms with van der Waals surface area (Å²) in [5.41, 5.74) is 0.132. The van der Waals surface area contributed by atoms with Gasteiger partial charge in [-0.15, -0.1) is 0 Å². The lowest BCUT2D eigenvalue weighted by Gasteiger charge is -2.47. The summed E-state index contributed by atoms with van der Waals surface area (Å²) in [6.45, 7) is 0.289. The number of hydrogen-bond donors (Lipinski definition) is 1. The molecule has 0 aliphatic heterocycles. The van der Waals surface area contributed by atoms with E-state index in [9.17, 15) is 9.90 Å². The van der Waals surface area contributed by atoms with Crippen LogP contribution in [0.15, 0.2) is 0 Å². The van der Waals surface area contributed by atoms with E-state index in [2.05, 4.69) is 0 Å². The van der Waals surface area contributed by atoms with Crippen LogP contribution >= 0.6 is 0 Å². The van der Waals surface area contributed by atoms with Gasteiger partial charge >= 0.3 is 5.97 Å². The Kier molecular flexibility index (Phi) is 3.01. The van der Waals surface area contributed by atoms with Gasteiger partial charge in [-0.3, -0.25) is 4.79 Å². The number of fused-ring (bicyclic) bond motifs is 2. The van der Waals surface area contributed by atoms with Crippen molar-refractivity contribution in [2.24, 2.45) is 17.3 Å². The van der Waals surface area contributed by atoms with Crippen LogP contribution < -0.4 is 0 Å². The van der Waals surface area contributed by atoms with Gasteiger partial charge in [-0.05, 0) is 43.4 Å². The summed E-state index contributed by atoms with van der Waals surface area (Å²) in [6, 6.07) is 0. The minimum Gasteiger partial charge on any atom is -0.469 e. The van der Waals surface area contributed by atoms with Gasteiger partial charge in [0.2, 0.25) is 0 Å². The summed E-state index contributed by atoms with van der Waals surface area (Å²) in [5.74, 6) is 0.496. The lowest BCUT2D eigenvalue weighted by atomic mass is 9.59. The number of hydrogen-bond acceptors (Lipinski definition) is 3. The maximum absolute atomic E-state index is 11.6. The first-order valence-corrected chi connectivity index (χ1v) is 5.89. The second-order valence-electron chi connectivity index (χ2n) is 5.18. The van der Waals surface area contributed by atoms with Gasteiger partial charge in [0.1, 0.15) is 0 Å².